The summed E-state index contributed by atoms with van der Waals surface area (Å²) in [6.07, 6.45) is 2.18. The van der Waals surface area contributed by atoms with Gasteiger partial charge in [-0.3, -0.25) is 9.69 Å². The smallest absolute Gasteiger partial charge is 0.273 e. The molecule has 1 aromatic carbocycles. The van der Waals surface area contributed by atoms with Gasteiger partial charge in [-0.25, -0.2) is 9.37 Å². The Labute approximate surface area is 157 Å². The van der Waals surface area contributed by atoms with Crippen molar-refractivity contribution >= 4 is 22.9 Å². The van der Waals surface area contributed by atoms with Crippen molar-refractivity contribution in [3.8, 4) is 0 Å². The maximum Gasteiger partial charge on any atom is 0.273 e. The minimum atomic E-state index is -0.195. The molecule has 2 saturated heterocycles. The Hall–Kier alpha value is -1.99. The molecule has 2 aromatic rings. The molecule has 138 valence electrons. The fraction of sp³-hybridized carbons (Fsp3) is 0.474. The molecule has 1 aromatic heterocycles. The summed E-state index contributed by atoms with van der Waals surface area (Å²) in [4.78, 5) is 23.5. The van der Waals surface area contributed by atoms with Crippen LogP contribution in [0.25, 0.3) is 0 Å². The summed E-state index contributed by atoms with van der Waals surface area (Å²) in [7, 11) is 0. The van der Waals surface area contributed by atoms with Crippen molar-refractivity contribution in [1.29, 1.82) is 0 Å². The lowest BCUT2D eigenvalue weighted by molar-refractivity contribution is 0.0559. The molecule has 0 aliphatic carbocycles. The second-order valence-electron chi connectivity index (χ2n) is 6.92. The van der Waals surface area contributed by atoms with Crippen LogP contribution in [0.4, 0.5) is 10.1 Å². The van der Waals surface area contributed by atoms with Crippen molar-refractivity contribution in [2.45, 2.75) is 18.9 Å². The van der Waals surface area contributed by atoms with Gasteiger partial charge in [-0.1, -0.05) is 0 Å². The van der Waals surface area contributed by atoms with Crippen LogP contribution in [0.1, 0.15) is 23.3 Å². The van der Waals surface area contributed by atoms with Crippen LogP contribution in [-0.4, -0.2) is 66.0 Å². The van der Waals surface area contributed by atoms with Gasteiger partial charge >= 0.3 is 0 Å². The molecule has 5 nitrogen and oxygen atoms in total. The number of hydrogen-bond acceptors (Lipinski definition) is 5. The van der Waals surface area contributed by atoms with Crippen molar-refractivity contribution < 1.29 is 9.18 Å². The van der Waals surface area contributed by atoms with E-state index in [1.54, 1.807) is 5.51 Å². The summed E-state index contributed by atoms with van der Waals surface area (Å²) < 4.78 is 13.1. The highest BCUT2D eigenvalue weighted by Crippen LogP contribution is 2.22. The van der Waals surface area contributed by atoms with Crippen LogP contribution < -0.4 is 4.90 Å². The number of piperazine rings is 1. The standard InChI is InChI=1S/C19H23FN4OS/c20-15-3-5-16(6-4-15)22-8-10-23(11-9-22)17-2-1-7-24(12-17)19(25)18-13-26-14-21-18/h3-6,13-14,17H,1-2,7-12H2/t17-/m1/s1. The van der Waals surface area contributed by atoms with E-state index in [0.717, 1.165) is 57.8 Å². The molecule has 2 fully saturated rings. The van der Waals surface area contributed by atoms with E-state index in [4.69, 9.17) is 0 Å². The van der Waals surface area contributed by atoms with Crippen LogP contribution in [0.15, 0.2) is 35.2 Å². The summed E-state index contributed by atoms with van der Waals surface area (Å²) in [6, 6.07) is 7.15. The number of thiazole rings is 1. The largest absolute Gasteiger partial charge is 0.369 e. The number of hydrogen-bond donors (Lipinski definition) is 0. The summed E-state index contributed by atoms with van der Waals surface area (Å²) in [5, 5.41) is 1.83. The lowest BCUT2D eigenvalue weighted by atomic mass is 10.0. The number of aromatic nitrogens is 1. The lowest BCUT2D eigenvalue weighted by Crippen LogP contribution is -2.55. The maximum absolute atomic E-state index is 13.1. The third-order valence-electron chi connectivity index (χ3n) is 5.36. The number of anilines is 1. The fourth-order valence-corrected chi connectivity index (χ4v) is 4.44. The molecule has 1 atom stereocenters. The first-order valence-electron chi connectivity index (χ1n) is 9.13. The highest BCUT2D eigenvalue weighted by molar-refractivity contribution is 7.07. The molecule has 2 aliphatic heterocycles. The second-order valence-corrected chi connectivity index (χ2v) is 7.64. The average molecular weight is 374 g/mol. The zero-order valence-electron chi connectivity index (χ0n) is 14.7. The summed E-state index contributed by atoms with van der Waals surface area (Å²) in [6.45, 7) is 5.42. The van der Waals surface area contributed by atoms with Crippen molar-refractivity contribution in [2.75, 3.05) is 44.2 Å². The van der Waals surface area contributed by atoms with Crippen molar-refractivity contribution in [1.82, 2.24) is 14.8 Å². The molecule has 0 spiro atoms. The first kappa shape index (κ1) is 17.4. The maximum atomic E-state index is 13.1. The second kappa shape index (κ2) is 7.72. The van der Waals surface area contributed by atoms with Crippen LogP contribution in [0, 0.1) is 5.82 Å². The Balaban J connectivity index is 1.34. The number of nitrogens with zero attached hydrogens (tertiary/aromatic N) is 4. The Bertz CT molecular complexity index is 729. The van der Waals surface area contributed by atoms with Gasteiger partial charge in [-0.05, 0) is 37.1 Å². The summed E-state index contributed by atoms with van der Waals surface area (Å²) in [5.74, 6) is -0.139. The van der Waals surface area contributed by atoms with Gasteiger partial charge in [0.15, 0.2) is 0 Å². The minimum absolute atomic E-state index is 0.0564. The van der Waals surface area contributed by atoms with Crippen LogP contribution in [-0.2, 0) is 0 Å². The predicted molar refractivity (Wildman–Crippen MR) is 101 cm³/mol. The number of likely N-dealkylation sites (tertiary alicyclic amines) is 1. The molecule has 2 aliphatic rings. The van der Waals surface area contributed by atoms with Gasteiger partial charge in [0.2, 0.25) is 0 Å². The molecule has 0 saturated carbocycles. The third kappa shape index (κ3) is 3.73. The van der Waals surface area contributed by atoms with Crippen molar-refractivity contribution in [3.63, 3.8) is 0 Å². The van der Waals surface area contributed by atoms with E-state index in [9.17, 15) is 9.18 Å². The van der Waals surface area contributed by atoms with E-state index < -0.39 is 0 Å². The molecule has 0 bridgehead atoms. The number of amides is 1. The first-order valence-corrected chi connectivity index (χ1v) is 10.1. The minimum Gasteiger partial charge on any atom is -0.369 e. The molecule has 0 N–H and O–H groups in total. The number of carbonyl (C=O) groups is 1. The Morgan fingerprint density at radius 3 is 2.58 bits per heavy atom. The van der Waals surface area contributed by atoms with E-state index in [2.05, 4.69) is 14.8 Å². The molecular formula is C19H23FN4OS. The van der Waals surface area contributed by atoms with E-state index in [0.29, 0.717) is 11.7 Å². The molecule has 7 heteroatoms. The summed E-state index contributed by atoms with van der Waals surface area (Å²) in [5.41, 5.74) is 3.36. The van der Waals surface area contributed by atoms with Crippen molar-refractivity contribution in [2.24, 2.45) is 0 Å². The molecule has 4 rings (SSSR count). The molecule has 1 amide bonds. The van der Waals surface area contributed by atoms with Gasteiger partial charge in [0, 0.05) is 56.4 Å². The zero-order chi connectivity index (χ0) is 17.9. The normalized spacial score (nSPS) is 21.8. The topological polar surface area (TPSA) is 39.7 Å². The SMILES string of the molecule is O=C(c1cscn1)N1CCC[C@@H](N2CCN(c3ccc(F)cc3)CC2)C1. The first-order chi connectivity index (χ1) is 12.7. The highest BCUT2D eigenvalue weighted by Gasteiger charge is 2.30. The van der Waals surface area contributed by atoms with E-state index in [-0.39, 0.29) is 11.7 Å². The molecule has 0 radical (unpaired) electrons. The molecule has 0 unspecified atom stereocenters. The third-order valence-corrected chi connectivity index (χ3v) is 5.94. The Kier molecular flexibility index (Phi) is 5.17. The van der Waals surface area contributed by atoms with Gasteiger partial charge < -0.3 is 9.80 Å². The van der Waals surface area contributed by atoms with Crippen LogP contribution in [0.3, 0.4) is 0 Å². The quantitative estimate of drug-likeness (QED) is 0.828. The van der Waals surface area contributed by atoms with Gasteiger partial charge in [-0.2, -0.15) is 0 Å². The number of rotatable bonds is 3. The molecule has 26 heavy (non-hydrogen) atoms. The monoisotopic (exact) mass is 374 g/mol. The van der Waals surface area contributed by atoms with Gasteiger partial charge in [0.25, 0.3) is 5.91 Å². The van der Waals surface area contributed by atoms with E-state index in [1.807, 2.05) is 22.4 Å². The summed E-state index contributed by atoms with van der Waals surface area (Å²) >= 11 is 1.46. The average Bonchev–Trinajstić information content (AvgIpc) is 3.23. The number of halogens is 1. The molecular weight excluding hydrogens is 351 g/mol. The number of piperidine rings is 1. The van der Waals surface area contributed by atoms with Gasteiger partial charge in [0.05, 0.1) is 5.51 Å². The van der Waals surface area contributed by atoms with Crippen molar-refractivity contribution in [3.05, 3.63) is 46.7 Å². The van der Waals surface area contributed by atoms with E-state index >= 15 is 0 Å². The van der Waals surface area contributed by atoms with Gasteiger partial charge in [0.1, 0.15) is 11.5 Å². The van der Waals surface area contributed by atoms with Crippen LogP contribution >= 0.6 is 11.3 Å². The Morgan fingerprint density at radius 2 is 1.88 bits per heavy atom. The Morgan fingerprint density at radius 1 is 1.12 bits per heavy atom. The fourth-order valence-electron chi connectivity index (χ4n) is 3.91. The van der Waals surface area contributed by atoms with Crippen LogP contribution in [0.5, 0.6) is 0 Å². The van der Waals surface area contributed by atoms with Crippen LogP contribution in [0.2, 0.25) is 0 Å². The van der Waals surface area contributed by atoms with E-state index in [1.165, 1.54) is 23.5 Å². The predicted octanol–water partition coefficient (Wildman–Crippen LogP) is 2.71. The zero-order valence-corrected chi connectivity index (χ0v) is 15.5. The number of benzene rings is 1. The number of carbonyl (C=O) groups excluding carboxylic acids is 1. The lowest BCUT2D eigenvalue weighted by Gasteiger charge is -2.43. The highest BCUT2D eigenvalue weighted by atomic mass is 32.1. The van der Waals surface area contributed by atoms with Gasteiger partial charge in [-0.15, -0.1) is 11.3 Å². The molecule has 3 heterocycles.